The fraction of sp³-hybridized carbons (Fsp3) is 0.818. The molecule has 1 heterocycles. The van der Waals surface area contributed by atoms with E-state index in [1.807, 2.05) is 5.11 Å². The van der Waals surface area contributed by atoms with Gasteiger partial charge in [-0.1, -0.05) is 0 Å². The highest BCUT2D eigenvalue weighted by molar-refractivity contribution is 5.83. The Kier molecular flexibility index (Phi) is 6.78. The molecule has 0 aromatic rings. The molecule has 26 heavy (non-hydrogen) atoms. The summed E-state index contributed by atoms with van der Waals surface area (Å²) in [6.45, 7) is -1.09. The Balaban J connectivity index is 3.18. The fourth-order valence-corrected chi connectivity index (χ4v) is 2.24. The molecular formula is C11H16F2N4O9. The minimum Gasteiger partial charge on any atom is -0.477 e. The smallest absolute Gasteiger partial charge is 0.401 e. The second-order valence-electron chi connectivity index (χ2n) is 5.41. The summed E-state index contributed by atoms with van der Waals surface area (Å²) >= 11 is 0. The van der Waals surface area contributed by atoms with Crippen molar-refractivity contribution in [1.82, 2.24) is 5.32 Å². The van der Waals surface area contributed by atoms with Crippen molar-refractivity contribution in [3.63, 3.8) is 0 Å². The minimum atomic E-state index is -4.60. The van der Waals surface area contributed by atoms with E-state index in [1.165, 1.54) is 5.32 Å². The molecule has 1 fully saturated rings. The number of nitrogens with zero attached hydrogens (tertiary/aromatic N) is 3. The number of rotatable bonds is 7. The molecule has 13 nitrogen and oxygen atoms in total. The molecule has 148 valence electrons. The van der Waals surface area contributed by atoms with E-state index in [9.17, 15) is 38.8 Å². The van der Waals surface area contributed by atoms with Crippen LogP contribution in [0.1, 0.15) is 6.42 Å². The number of aliphatic hydroxyl groups excluding tert-OH is 4. The Labute approximate surface area is 143 Å². The Hall–Kier alpha value is -2.13. The third kappa shape index (κ3) is 4.53. The highest BCUT2D eigenvalue weighted by Gasteiger charge is 2.55. The first-order valence-corrected chi connectivity index (χ1v) is 6.93. The normalized spacial score (nSPS) is 31.4. The van der Waals surface area contributed by atoms with Crippen LogP contribution in [0.5, 0.6) is 0 Å². The predicted molar refractivity (Wildman–Crippen MR) is 73.2 cm³/mol. The van der Waals surface area contributed by atoms with Gasteiger partial charge in [0, 0.05) is 11.3 Å². The highest BCUT2D eigenvalue weighted by Crippen LogP contribution is 2.31. The summed E-state index contributed by atoms with van der Waals surface area (Å²) in [5, 5.41) is 60.3. The van der Waals surface area contributed by atoms with Crippen molar-refractivity contribution in [2.75, 3.05) is 6.61 Å². The Morgan fingerprint density at radius 1 is 1.46 bits per heavy atom. The molecule has 6 atom stereocenters. The first-order chi connectivity index (χ1) is 11.9. The van der Waals surface area contributed by atoms with Crippen molar-refractivity contribution in [3.8, 4) is 0 Å². The SMILES string of the molecule is [N-]=[N+]=NC(F)(F)C(=O)N[C@H]1C([C@H](O)[C@H](O)CO)OC(O)(C(=O)O)C[C@H]1O. The lowest BCUT2D eigenvalue weighted by Gasteiger charge is -2.44. The Morgan fingerprint density at radius 2 is 2.04 bits per heavy atom. The van der Waals surface area contributed by atoms with Gasteiger partial charge in [0.05, 0.1) is 18.8 Å². The summed E-state index contributed by atoms with van der Waals surface area (Å²) < 4.78 is 31.3. The van der Waals surface area contributed by atoms with E-state index in [0.717, 1.165) is 0 Å². The maximum atomic E-state index is 13.3. The van der Waals surface area contributed by atoms with Crippen molar-refractivity contribution < 1.29 is 53.7 Å². The van der Waals surface area contributed by atoms with Crippen molar-refractivity contribution in [3.05, 3.63) is 10.4 Å². The van der Waals surface area contributed by atoms with Gasteiger partial charge in [-0.15, -0.1) is 0 Å². The molecule has 0 bridgehead atoms. The quantitative estimate of drug-likeness (QED) is 0.102. The zero-order chi connectivity index (χ0) is 20.3. The minimum absolute atomic E-state index is 1.09. The molecule has 2 unspecified atom stereocenters. The third-order valence-corrected chi connectivity index (χ3v) is 3.58. The Morgan fingerprint density at radius 3 is 2.50 bits per heavy atom. The number of alkyl halides is 2. The third-order valence-electron chi connectivity index (χ3n) is 3.58. The summed E-state index contributed by atoms with van der Waals surface area (Å²) in [5.41, 5.74) is 8.01. The van der Waals surface area contributed by atoms with Crippen molar-refractivity contribution in [1.29, 1.82) is 0 Å². The number of hydrogen-bond acceptors (Lipinski definition) is 9. The number of nitrogens with one attached hydrogen (secondary N) is 1. The van der Waals surface area contributed by atoms with E-state index in [4.69, 9.17) is 15.7 Å². The van der Waals surface area contributed by atoms with Crippen LogP contribution in [0.15, 0.2) is 5.11 Å². The first-order valence-electron chi connectivity index (χ1n) is 6.93. The van der Waals surface area contributed by atoms with E-state index in [0.29, 0.717) is 0 Å². The molecule has 1 saturated heterocycles. The average Bonchev–Trinajstić information content (AvgIpc) is 2.55. The van der Waals surface area contributed by atoms with Crippen LogP contribution in [0.3, 0.4) is 0 Å². The molecular weight excluding hydrogens is 370 g/mol. The molecule has 0 radical (unpaired) electrons. The van der Waals surface area contributed by atoms with Gasteiger partial charge in [-0.05, 0) is 10.6 Å². The van der Waals surface area contributed by atoms with Crippen molar-refractivity contribution in [2.24, 2.45) is 5.11 Å². The van der Waals surface area contributed by atoms with Crippen LogP contribution in [0.25, 0.3) is 10.4 Å². The van der Waals surface area contributed by atoms with Gasteiger partial charge in [-0.2, -0.15) is 8.78 Å². The van der Waals surface area contributed by atoms with Crippen LogP contribution >= 0.6 is 0 Å². The largest absolute Gasteiger partial charge is 0.477 e. The van der Waals surface area contributed by atoms with E-state index in [-0.39, 0.29) is 0 Å². The second kappa shape index (κ2) is 8.05. The number of hydrogen-bond donors (Lipinski definition) is 7. The number of carbonyl (C=O) groups is 2. The first kappa shape index (κ1) is 21.9. The standard InChI is InChI=1S/C11H16F2N4O9/c12-11(13,16-17-14)8(22)15-5-3(19)1-10(25,9(23)24)26-7(5)6(21)4(20)2-18/h3-7,18-21,25H,1-2H2,(H,15,22)(H,23,24)/t3-,4-,5-,6-,7?,10?/m1/s1. The summed E-state index contributed by atoms with van der Waals surface area (Å²) in [5.74, 6) is -7.30. The van der Waals surface area contributed by atoms with E-state index in [1.54, 1.807) is 4.91 Å². The zero-order valence-electron chi connectivity index (χ0n) is 12.8. The van der Waals surface area contributed by atoms with Gasteiger partial charge in [-0.25, -0.2) is 4.79 Å². The number of aliphatic carboxylic acids is 1. The van der Waals surface area contributed by atoms with E-state index < -0.39 is 67.2 Å². The van der Waals surface area contributed by atoms with E-state index in [2.05, 4.69) is 4.74 Å². The number of amides is 1. The number of azide groups is 1. The van der Waals surface area contributed by atoms with Crippen LogP contribution in [0.4, 0.5) is 8.78 Å². The predicted octanol–water partition coefficient (Wildman–Crippen LogP) is -2.99. The monoisotopic (exact) mass is 386 g/mol. The lowest BCUT2D eigenvalue weighted by Crippen LogP contribution is -2.68. The van der Waals surface area contributed by atoms with Gasteiger partial charge in [0.1, 0.15) is 18.3 Å². The fourth-order valence-electron chi connectivity index (χ4n) is 2.24. The van der Waals surface area contributed by atoms with Gasteiger partial charge in [0.25, 0.3) is 11.7 Å². The molecule has 0 saturated carbocycles. The van der Waals surface area contributed by atoms with Crippen molar-refractivity contribution >= 4 is 11.9 Å². The molecule has 1 rings (SSSR count). The van der Waals surface area contributed by atoms with Gasteiger partial charge in [0.2, 0.25) is 0 Å². The van der Waals surface area contributed by atoms with E-state index >= 15 is 0 Å². The molecule has 15 heteroatoms. The average molecular weight is 386 g/mol. The molecule has 0 aromatic heterocycles. The molecule has 1 aliphatic heterocycles. The van der Waals surface area contributed by atoms with Crippen LogP contribution in [0, 0.1) is 0 Å². The zero-order valence-corrected chi connectivity index (χ0v) is 12.8. The summed E-state index contributed by atoms with van der Waals surface area (Å²) in [4.78, 5) is 24.3. The van der Waals surface area contributed by atoms with Gasteiger partial charge < -0.3 is 40.7 Å². The molecule has 0 aromatic carbocycles. The number of halogens is 2. The number of ether oxygens (including phenoxy) is 1. The lowest BCUT2D eigenvalue weighted by atomic mass is 9.88. The molecule has 0 aliphatic carbocycles. The Bertz CT molecular complexity index is 602. The number of carboxylic acids is 1. The maximum Gasteiger partial charge on any atom is 0.401 e. The van der Waals surface area contributed by atoms with Crippen molar-refractivity contribution in [2.45, 2.75) is 48.7 Å². The highest BCUT2D eigenvalue weighted by atomic mass is 19.3. The summed E-state index contributed by atoms with van der Waals surface area (Å²) in [6, 6.07) is -6.56. The molecule has 1 amide bonds. The maximum absolute atomic E-state index is 13.3. The van der Waals surface area contributed by atoms with Crippen LogP contribution in [-0.4, -0.2) is 91.4 Å². The molecule has 0 spiro atoms. The molecule has 1 aliphatic rings. The van der Waals surface area contributed by atoms with Gasteiger partial charge >= 0.3 is 12.0 Å². The van der Waals surface area contributed by atoms with Gasteiger partial charge in [-0.3, -0.25) is 4.79 Å². The van der Waals surface area contributed by atoms with Crippen LogP contribution in [-0.2, 0) is 14.3 Å². The van der Waals surface area contributed by atoms with Crippen LogP contribution < -0.4 is 5.32 Å². The van der Waals surface area contributed by atoms with Gasteiger partial charge in [0.15, 0.2) is 0 Å². The second-order valence-corrected chi connectivity index (χ2v) is 5.41. The number of aliphatic hydroxyl groups is 5. The number of carbonyl (C=O) groups excluding carboxylic acids is 1. The summed E-state index contributed by atoms with van der Waals surface area (Å²) in [7, 11) is 0. The summed E-state index contributed by atoms with van der Waals surface area (Å²) in [6.07, 6.45) is -9.48. The lowest BCUT2D eigenvalue weighted by molar-refractivity contribution is -0.295. The van der Waals surface area contributed by atoms with Crippen LogP contribution in [0.2, 0.25) is 0 Å². The molecule has 7 N–H and O–H groups in total. The number of carboxylic acid groups (broad SMARTS) is 1. The topological polar surface area (TPSA) is 226 Å².